The van der Waals surface area contributed by atoms with Gasteiger partial charge in [0.25, 0.3) is 0 Å². The molecular weight excluding hydrogens is 377 g/mol. The second-order valence-electron chi connectivity index (χ2n) is 5.35. The monoisotopic (exact) mass is 391 g/mol. The minimum atomic E-state index is -0.415. The van der Waals surface area contributed by atoms with E-state index in [2.05, 4.69) is 26.2 Å². The average molecular weight is 392 g/mol. The van der Waals surface area contributed by atoms with Gasteiger partial charge in [-0.15, -0.1) is 0 Å². The molecule has 1 atom stereocenters. The van der Waals surface area contributed by atoms with Gasteiger partial charge < -0.3 is 4.57 Å². The summed E-state index contributed by atoms with van der Waals surface area (Å²) in [6.07, 6.45) is 2.56. The van der Waals surface area contributed by atoms with Crippen LogP contribution in [-0.4, -0.2) is 28.5 Å². The van der Waals surface area contributed by atoms with Crippen molar-refractivity contribution in [2.75, 3.05) is 7.18 Å². The predicted molar refractivity (Wildman–Crippen MR) is 93.4 cm³/mol. The fourth-order valence-corrected chi connectivity index (χ4v) is 3.69. The Kier molecular flexibility index (Phi) is 4.62. The van der Waals surface area contributed by atoms with Gasteiger partial charge in [0.05, 0.1) is 12.7 Å². The maximum atomic E-state index is 12.3. The summed E-state index contributed by atoms with van der Waals surface area (Å²) in [6, 6.07) is 9.36. The van der Waals surface area contributed by atoms with E-state index in [0.29, 0.717) is 20.0 Å². The number of carbonyl (C=O) groups is 2. The summed E-state index contributed by atoms with van der Waals surface area (Å²) in [6.45, 7) is 0. The van der Waals surface area contributed by atoms with Gasteiger partial charge in [-0.05, 0) is 30.7 Å². The number of hydrogen-bond donors (Lipinski definition) is 1. The summed E-state index contributed by atoms with van der Waals surface area (Å²) in [5.41, 5.74) is 1.71. The maximum Gasteiger partial charge on any atom is 0.249 e. The van der Waals surface area contributed by atoms with Gasteiger partial charge in [0.1, 0.15) is 11.7 Å². The molecule has 0 saturated carbocycles. The van der Waals surface area contributed by atoms with Crippen LogP contribution < -0.4 is 5.32 Å². The van der Waals surface area contributed by atoms with E-state index in [0.717, 1.165) is 26.4 Å². The number of fused-ring (bicyclic) bond motifs is 3. The number of carbonyl (C=O) groups excluding carboxylic acids is 2. The molecule has 2 aromatic heterocycles. The lowest BCUT2D eigenvalue weighted by Gasteiger charge is -2.23. The molecule has 1 N–H and O–H groups in total. The molecule has 5 nitrogen and oxygen atoms in total. The highest BCUT2D eigenvalue weighted by atomic mass is 79.9. The van der Waals surface area contributed by atoms with Gasteiger partial charge in [0.2, 0.25) is 11.8 Å². The molecule has 1 saturated heterocycles. The van der Waals surface area contributed by atoms with Crippen molar-refractivity contribution >= 4 is 49.7 Å². The first kappa shape index (κ1) is 16.6. The second-order valence-corrected chi connectivity index (χ2v) is 6.20. The largest absolute Gasteiger partial charge is 0.313 e. The van der Waals surface area contributed by atoms with Crippen LogP contribution in [0.15, 0.2) is 41.0 Å². The zero-order valence-corrected chi connectivity index (χ0v) is 14.5. The van der Waals surface area contributed by atoms with E-state index in [4.69, 9.17) is 0 Å². The van der Waals surface area contributed by atoms with Crippen LogP contribution >= 0.6 is 15.9 Å². The van der Waals surface area contributed by atoms with E-state index >= 15 is 0 Å². The maximum absolute atomic E-state index is 12.3. The van der Waals surface area contributed by atoms with Crippen molar-refractivity contribution in [1.29, 1.82) is 0 Å². The molecule has 24 heavy (non-hydrogen) atoms. The zero-order chi connectivity index (χ0) is 17.3. The van der Waals surface area contributed by atoms with Crippen molar-refractivity contribution in [3.05, 3.63) is 41.0 Å². The molecule has 1 unspecified atom stereocenters. The van der Waals surface area contributed by atoms with Crippen molar-refractivity contribution < 1.29 is 14.0 Å². The first-order valence-electron chi connectivity index (χ1n) is 7.41. The molecule has 1 fully saturated rings. The number of amides is 2. The number of alkyl halides is 1. The number of rotatable bonds is 1. The van der Waals surface area contributed by atoms with Gasteiger partial charge in [0.15, 0.2) is 0 Å². The van der Waals surface area contributed by atoms with E-state index in [1.165, 1.54) is 0 Å². The SMILES string of the molecule is CF.O=C1CCC(n2c3cccc(Br)c3c3cccnc32)C(=O)N1. The lowest BCUT2D eigenvalue weighted by Crippen LogP contribution is -2.41. The molecule has 0 aliphatic carbocycles. The van der Waals surface area contributed by atoms with Gasteiger partial charge in [0, 0.05) is 27.9 Å². The Morgan fingerprint density at radius 1 is 1.25 bits per heavy atom. The Labute approximate surface area is 146 Å². The normalized spacial score (nSPS) is 17.5. The average Bonchev–Trinajstić information content (AvgIpc) is 2.93. The molecule has 0 spiro atoms. The minimum absolute atomic E-state index is 0.212. The van der Waals surface area contributed by atoms with Gasteiger partial charge in [-0.25, -0.2) is 4.98 Å². The fraction of sp³-hybridized carbons (Fsp3) is 0.235. The van der Waals surface area contributed by atoms with Crippen molar-refractivity contribution in [3.63, 3.8) is 0 Å². The summed E-state index contributed by atoms with van der Waals surface area (Å²) in [7, 11) is 0.500. The van der Waals surface area contributed by atoms with Crippen molar-refractivity contribution in [2.45, 2.75) is 18.9 Å². The summed E-state index contributed by atoms with van der Waals surface area (Å²) in [4.78, 5) is 28.2. The fourth-order valence-electron chi connectivity index (χ4n) is 3.12. The number of nitrogens with one attached hydrogen (secondary N) is 1. The second kappa shape index (κ2) is 6.68. The van der Waals surface area contributed by atoms with Crippen LogP contribution in [0.1, 0.15) is 18.9 Å². The van der Waals surface area contributed by atoms with E-state index in [9.17, 15) is 14.0 Å². The van der Waals surface area contributed by atoms with E-state index in [1.54, 1.807) is 6.20 Å². The number of pyridine rings is 1. The number of imide groups is 1. The van der Waals surface area contributed by atoms with Crippen molar-refractivity contribution in [1.82, 2.24) is 14.9 Å². The van der Waals surface area contributed by atoms with Crippen molar-refractivity contribution in [2.24, 2.45) is 0 Å². The third kappa shape index (κ3) is 2.58. The third-order valence-electron chi connectivity index (χ3n) is 4.06. The molecule has 0 radical (unpaired) electrons. The minimum Gasteiger partial charge on any atom is -0.313 e. The first-order valence-corrected chi connectivity index (χ1v) is 8.21. The number of hydrogen-bond acceptors (Lipinski definition) is 3. The molecule has 2 amide bonds. The molecule has 0 bridgehead atoms. The Morgan fingerprint density at radius 3 is 2.79 bits per heavy atom. The van der Waals surface area contributed by atoms with Crippen LogP contribution in [0.4, 0.5) is 4.39 Å². The van der Waals surface area contributed by atoms with Gasteiger partial charge in [-0.3, -0.25) is 19.3 Å². The topological polar surface area (TPSA) is 64.0 Å². The van der Waals surface area contributed by atoms with Gasteiger partial charge in [-0.1, -0.05) is 22.0 Å². The number of halogens is 2. The Balaban J connectivity index is 0.000000815. The zero-order valence-electron chi connectivity index (χ0n) is 12.9. The quantitative estimate of drug-likeness (QED) is 0.645. The van der Waals surface area contributed by atoms with E-state index < -0.39 is 6.04 Å². The van der Waals surface area contributed by atoms with E-state index in [1.807, 2.05) is 34.9 Å². The Bertz CT molecular complexity index is 938. The number of aromatic nitrogens is 2. The third-order valence-corrected chi connectivity index (χ3v) is 4.72. The molecule has 3 heterocycles. The molecule has 7 heteroatoms. The Morgan fingerprint density at radius 2 is 2.04 bits per heavy atom. The molecular formula is C17H15BrFN3O2. The summed E-state index contributed by atoms with van der Waals surface area (Å²) in [5.74, 6) is -0.475. The van der Waals surface area contributed by atoms with E-state index in [-0.39, 0.29) is 11.8 Å². The number of nitrogens with zero attached hydrogens (tertiary/aromatic N) is 2. The van der Waals surface area contributed by atoms with Crippen LogP contribution in [0.3, 0.4) is 0 Å². The summed E-state index contributed by atoms with van der Waals surface area (Å²) in [5, 5.41) is 4.46. The lowest BCUT2D eigenvalue weighted by molar-refractivity contribution is -0.135. The van der Waals surface area contributed by atoms with Crippen LogP contribution in [0.5, 0.6) is 0 Å². The Hall–Kier alpha value is -2.28. The van der Waals surface area contributed by atoms with Gasteiger partial charge in [-0.2, -0.15) is 0 Å². The van der Waals surface area contributed by atoms with Gasteiger partial charge >= 0.3 is 0 Å². The highest BCUT2D eigenvalue weighted by Gasteiger charge is 2.31. The van der Waals surface area contributed by atoms with Crippen LogP contribution in [0.25, 0.3) is 21.9 Å². The summed E-state index contributed by atoms with van der Waals surface area (Å²) < 4.78 is 12.4. The molecule has 1 aromatic carbocycles. The first-order chi connectivity index (χ1) is 11.7. The molecule has 124 valence electrons. The van der Waals surface area contributed by atoms with Crippen molar-refractivity contribution in [3.8, 4) is 0 Å². The number of piperidine rings is 1. The van der Waals surface area contributed by atoms with Crippen LogP contribution in [0.2, 0.25) is 0 Å². The molecule has 1 aliphatic heterocycles. The highest BCUT2D eigenvalue weighted by Crippen LogP contribution is 2.36. The predicted octanol–water partition coefficient (Wildman–Crippen LogP) is 3.52. The van der Waals surface area contributed by atoms with Crippen LogP contribution in [-0.2, 0) is 9.59 Å². The smallest absolute Gasteiger partial charge is 0.249 e. The lowest BCUT2D eigenvalue weighted by atomic mass is 10.1. The molecule has 3 aromatic rings. The number of benzene rings is 1. The standard InChI is InChI=1S/C16H12BrN3O2.CH3F/c17-10-4-1-5-11-14(10)9-3-2-8-18-15(9)20(11)12-6-7-13(21)19-16(12)22;1-2/h1-5,8,12H,6-7H2,(H,19,21,22);1H3. The molecule has 4 rings (SSSR count). The van der Waals surface area contributed by atoms with Crippen LogP contribution in [0, 0.1) is 0 Å². The highest BCUT2D eigenvalue weighted by molar-refractivity contribution is 9.10. The molecule has 1 aliphatic rings. The summed E-state index contributed by atoms with van der Waals surface area (Å²) >= 11 is 3.58.